The van der Waals surface area contributed by atoms with Gasteiger partial charge in [0.15, 0.2) is 0 Å². The van der Waals surface area contributed by atoms with Crippen LogP contribution in [0.3, 0.4) is 0 Å². The molecule has 0 spiro atoms. The average Bonchev–Trinajstić information content (AvgIpc) is 2.76. The van der Waals surface area contributed by atoms with Gasteiger partial charge in [0.1, 0.15) is 11.3 Å². The van der Waals surface area contributed by atoms with Crippen molar-refractivity contribution in [2.75, 3.05) is 32.7 Å². The van der Waals surface area contributed by atoms with Crippen molar-refractivity contribution >= 4 is 11.9 Å². The van der Waals surface area contributed by atoms with Gasteiger partial charge in [0.2, 0.25) is 0 Å². The Bertz CT molecular complexity index is 484. The lowest BCUT2D eigenvalue weighted by molar-refractivity contribution is -0.137. The highest BCUT2D eigenvalue weighted by molar-refractivity contribution is 5.96. The van der Waals surface area contributed by atoms with E-state index in [0.29, 0.717) is 49.7 Å². The molecule has 1 N–H and O–H groups in total. The van der Waals surface area contributed by atoms with E-state index in [-0.39, 0.29) is 12.3 Å². The Morgan fingerprint density at radius 1 is 1.25 bits per heavy atom. The second kappa shape index (κ2) is 6.04. The van der Waals surface area contributed by atoms with E-state index < -0.39 is 5.97 Å². The Labute approximate surface area is 117 Å². The first-order valence-corrected chi connectivity index (χ1v) is 6.65. The highest BCUT2D eigenvalue weighted by atomic mass is 16.5. The molecule has 1 aliphatic heterocycles. The molecule has 20 heavy (non-hydrogen) atoms. The van der Waals surface area contributed by atoms with Gasteiger partial charge < -0.3 is 14.5 Å². The number of piperazine rings is 1. The number of amides is 1. The highest BCUT2D eigenvalue weighted by Crippen LogP contribution is 2.16. The predicted molar refractivity (Wildman–Crippen MR) is 70.6 cm³/mol. The van der Waals surface area contributed by atoms with Crippen LogP contribution in [0.5, 0.6) is 0 Å². The zero-order valence-corrected chi connectivity index (χ0v) is 11.8. The first-order chi connectivity index (χ1) is 9.49. The zero-order chi connectivity index (χ0) is 14.7. The van der Waals surface area contributed by atoms with Crippen molar-refractivity contribution < 1.29 is 19.2 Å². The first kappa shape index (κ1) is 14.5. The van der Waals surface area contributed by atoms with Gasteiger partial charge in [-0.05, 0) is 13.8 Å². The normalized spacial score (nSPS) is 16.4. The van der Waals surface area contributed by atoms with Gasteiger partial charge in [-0.2, -0.15) is 0 Å². The van der Waals surface area contributed by atoms with E-state index >= 15 is 0 Å². The number of carbonyl (C=O) groups excluding carboxylic acids is 1. The Balaban J connectivity index is 1.91. The Kier molecular flexibility index (Phi) is 4.39. The van der Waals surface area contributed by atoms with Crippen LogP contribution in [0.15, 0.2) is 4.52 Å². The molecule has 1 amide bonds. The van der Waals surface area contributed by atoms with Crippen molar-refractivity contribution in [3.63, 3.8) is 0 Å². The zero-order valence-electron chi connectivity index (χ0n) is 11.8. The minimum absolute atomic E-state index is 0.0564. The molecule has 0 bridgehead atoms. The summed E-state index contributed by atoms with van der Waals surface area (Å²) in [6.45, 7) is 6.61. The van der Waals surface area contributed by atoms with Gasteiger partial charge >= 0.3 is 5.97 Å². The maximum atomic E-state index is 12.4. The van der Waals surface area contributed by atoms with Crippen molar-refractivity contribution in [3.05, 3.63) is 17.0 Å². The molecular weight excluding hydrogens is 262 g/mol. The fourth-order valence-electron chi connectivity index (χ4n) is 2.37. The molecule has 110 valence electrons. The molecule has 1 aromatic heterocycles. The topological polar surface area (TPSA) is 86.9 Å². The molecule has 7 nitrogen and oxygen atoms in total. The molecule has 7 heteroatoms. The largest absolute Gasteiger partial charge is 0.481 e. The SMILES string of the molecule is Cc1noc(C)c1C(=O)N1CCN(CCC(=O)O)CC1. The van der Waals surface area contributed by atoms with Gasteiger partial charge in [-0.25, -0.2) is 0 Å². The third kappa shape index (κ3) is 3.16. The monoisotopic (exact) mass is 281 g/mol. The predicted octanol–water partition coefficient (Wildman–Crippen LogP) is 0.524. The van der Waals surface area contributed by atoms with Gasteiger partial charge in [-0.15, -0.1) is 0 Å². The van der Waals surface area contributed by atoms with E-state index in [1.165, 1.54) is 0 Å². The lowest BCUT2D eigenvalue weighted by Crippen LogP contribution is -2.49. The molecule has 0 aromatic carbocycles. The number of aryl methyl sites for hydroxylation is 2. The Morgan fingerprint density at radius 2 is 1.90 bits per heavy atom. The molecule has 0 radical (unpaired) electrons. The van der Waals surface area contributed by atoms with Crippen LogP contribution in [-0.4, -0.2) is 64.7 Å². The van der Waals surface area contributed by atoms with Gasteiger partial charge in [-0.3, -0.25) is 14.5 Å². The number of carboxylic acids is 1. The molecule has 0 atom stereocenters. The van der Waals surface area contributed by atoms with Crippen molar-refractivity contribution in [1.29, 1.82) is 0 Å². The molecular formula is C13H19N3O4. The van der Waals surface area contributed by atoms with E-state index in [1.807, 2.05) is 0 Å². The third-order valence-electron chi connectivity index (χ3n) is 3.55. The lowest BCUT2D eigenvalue weighted by Gasteiger charge is -2.34. The summed E-state index contributed by atoms with van der Waals surface area (Å²) in [6.07, 6.45) is 0.137. The number of aliphatic carboxylic acids is 1. The first-order valence-electron chi connectivity index (χ1n) is 6.65. The second-order valence-corrected chi connectivity index (χ2v) is 4.98. The molecule has 1 fully saturated rings. The van der Waals surface area contributed by atoms with Gasteiger partial charge in [0.05, 0.1) is 12.1 Å². The number of hydrogen-bond acceptors (Lipinski definition) is 5. The van der Waals surface area contributed by atoms with E-state index in [2.05, 4.69) is 10.1 Å². The second-order valence-electron chi connectivity index (χ2n) is 4.98. The van der Waals surface area contributed by atoms with Crippen molar-refractivity contribution in [2.24, 2.45) is 0 Å². The van der Waals surface area contributed by atoms with Gasteiger partial charge in [-0.1, -0.05) is 5.16 Å². The molecule has 1 saturated heterocycles. The maximum absolute atomic E-state index is 12.4. The van der Waals surface area contributed by atoms with Crippen LogP contribution in [0, 0.1) is 13.8 Å². The summed E-state index contributed by atoms with van der Waals surface area (Å²) < 4.78 is 5.02. The van der Waals surface area contributed by atoms with Crippen LogP contribution in [0.4, 0.5) is 0 Å². The fraction of sp³-hybridized carbons (Fsp3) is 0.615. The maximum Gasteiger partial charge on any atom is 0.304 e. The van der Waals surface area contributed by atoms with Crippen LogP contribution in [-0.2, 0) is 4.79 Å². The number of carboxylic acid groups (broad SMARTS) is 1. The molecule has 1 aromatic rings. The third-order valence-corrected chi connectivity index (χ3v) is 3.55. The summed E-state index contributed by atoms with van der Waals surface area (Å²) in [7, 11) is 0. The summed E-state index contributed by atoms with van der Waals surface area (Å²) in [5.74, 6) is -0.306. The van der Waals surface area contributed by atoms with Gasteiger partial charge in [0, 0.05) is 32.7 Å². The lowest BCUT2D eigenvalue weighted by atomic mass is 10.1. The minimum atomic E-state index is -0.792. The average molecular weight is 281 g/mol. The number of carbonyl (C=O) groups is 2. The van der Waals surface area contributed by atoms with E-state index in [9.17, 15) is 9.59 Å². The Morgan fingerprint density at radius 3 is 2.40 bits per heavy atom. The summed E-state index contributed by atoms with van der Waals surface area (Å²) >= 11 is 0. The van der Waals surface area contributed by atoms with Crippen LogP contribution in [0.2, 0.25) is 0 Å². The van der Waals surface area contributed by atoms with Crippen LogP contribution in [0.25, 0.3) is 0 Å². The highest BCUT2D eigenvalue weighted by Gasteiger charge is 2.26. The van der Waals surface area contributed by atoms with Crippen molar-refractivity contribution in [3.8, 4) is 0 Å². The number of nitrogens with zero attached hydrogens (tertiary/aromatic N) is 3. The summed E-state index contributed by atoms with van der Waals surface area (Å²) in [5.41, 5.74) is 1.16. The van der Waals surface area contributed by atoms with Crippen LogP contribution in [0.1, 0.15) is 28.2 Å². The molecule has 0 aliphatic carbocycles. The smallest absolute Gasteiger partial charge is 0.304 e. The molecule has 2 rings (SSSR count). The molecule has 2 heterocycles. The standard InChI is InChI=1S/C13H19N3O4/c1-9-12(10(2)20-14-9)13(19)16-7-5-15(6-8-16)4-3-11(17)18/h3-8H2,1-2H3,(H,17,18). The van der Waals surface area contributed by atoms with Crippen molar-refractivity contribution in [1.82, 2.24) is 15.0 Å². The number of aromatic nitrogens is 1. The summed E-state index contributed by atoms with van der Waals surface area (Å²) in [6, 6.07) is 0. The van der Waals surface area contributed by atoms with E-state index in [4.69, 9.17) is 9.63 Å². The van der Waals surface area contributed by atoms with Gasteiger partial charge in [0.25, 0.3) is 5.91 Å². The van der Waals surface area contributed by atoms with Crippen LogP contribution >= 0.6 is 0 Å². The van der Waals surface area contributed by atoms with E-state index in [1.54, 1.807) is 18.7 Å². The van der Waals surface area contributed by atoms with Crippen LogP contribution < -0.4 is 0 Å². The van der Waals surface area contributed by atoms with E-state index in [0.717, 1.165) is 0 Å². The number of hydrogen-bond donors (Lipinski definition) is 1. The summed E-state index contributed by atoms with van der Waals surface area (Å²) in [5, 5.41) is 12.5. The fourth-order valence-corrected chi connectivity index (χ4v) is 2.37. The molecule has 0 saturated carbocycles. The molecule has 0 unspecified atom stereocenters. The van der Waals surface area contributed by atoms with Crippen molar-refractivity contribution in [2.45, 2.75) is 20.3 Å². The Hall–Kier alpha value is -1.89. The summed E-state index contributed by atoms with van der Waals surface area (Å²) in [4.78, 5) is 26.8. The number of rotatable bonds is 4. The molecule has 1 aliphatic rings. The quantitative estimate of drug-likeness (QED) is 0.866. The minimum Gasteiger partial charge on any atom is -0.481 e.